The van der Waals surface area contributed by atoms with Gasteiger partial charge in [0.05, 0.1) is 12.2 Å². The second kappa shape index (κ2) is 3.43. The first-order chi connectivity index (χ1) is 5.90. The molecule has 0 radical (unpaired) electrons. The third-order valence-corrected chi connectivity index (χ3v) is 3.07. The van der Waals surface area contributed by atoms with E-state index in [1.807, 2.05) is 6.92 Å². The molecule has 0 bridgehead atoms. The van der Waals surface area contributed by atoms with Crippen molar-refractivity contribution in [2.45, 2.75) is 45.6 Å². The fourth-order valence-electron chi connectivity index (χ4n) is 2.46. The summed E-state index contributed by atoms with van der Waals surface area (Å²) in [5, 5.41) is 19.0. The number of aliphatic hydroxyl groups is 2. The first-order valence-electron chi connectivity index (χ1n) is 4.94. The van der Waals surface area contributed by atoms with Gasteiger partial charge < -0.3 is 10.2 Å². The molecule has 2 heteroatoms. The Morgan fingerprint density at radius 2 is 1.92 bits per heavy atom. The smallest absolute Gasteiger partial charge is 0.0834 e. The highest BCUT2D eigenvalue weighted by atomic mass is 16.3. The molecule has 2 N–H and O–H groups in total. The van der Waals surface area contributed by atoms with E-state index in [1.54, 1.807) is 6.08 Å². The molecule has 0 heterocycles. The van der Waals surface area contributed by atoms with Crippen LogP contribution in [0.4, 0.5) is 0 Å². The highest BCUT2D eigenvalue weighted by Gasteiger charge is 2.39. The molecule has 0 amide bonds. The minimum Gasteiger partial charge on any atom is -0.392 e. The number of hydrogen-bond donors (Lipinski definition) is 2. The summed E-state index contributed by atoms with van der Waals surface area (Å²) in [6.07, 6.45) is 4.72. The van der Waals surface area contributed by atoms with E-state index in [-0.39, 0.29) is 12.0 Å². The normalized spacial score (nSPS) is 36.5. The summed E-state index contributed by atoms with van der Waals surface area (Å²) in [7, 11) is 0. The predicted octanol–water partition coefficient (Wildman–Crippen LogP) is 1.87. The minimum atomic E-state index is -0.718. The van der Waals surface area contributed by atoms with Crippen molar-refractivity contribution in [2.75, 3.05) is 6.61 Å². The van der Waals surface area contributed by atoms with Gasteiger partial charge in [-0.05, 0) is 37.2 Å². The largest absolute Gasteiger partial charge is 0.392 e. The van der Waals surface area contributed by atoms with Gasteiger partial charge in [-0.1, -0.05) is 19.9 Å². The average Bonchev–Trinajstić information content (AvgIpc) is 1.96. The number of hydrogen-bond acceptors (Lipinski definition) is 2. The van der Waals surface area contributed by atoms with Crippen LogP contribution < -0.4 is 0 Å². The molecule has 0 saturated heterocycles. The topological polar surface area (TPSA) is 40.5 Å². The van der Waals surface area contributed by atoms with Gasteiger partial charge >= 0.3 is 0 Å². The molecule has 1 atom stereocenters. The molecule has 0 aromatic heterocycles. The molecule has 13 heavy (non-hydrogen) atoms. The predicted molar refractivity (Wildman–Crippen MR) is 53.4 cm³/mol. The van der Waals surface area contributed by atoms with Gasteiger partial charge in [0.15, 0.2) is 0 Å². The summed E-state index contributed by atoms with van der Waals surface area (Å²) >= 11 is 0. The fourth-order valence-corrected chi connectivity index (χ4v) is 2.46. The lowest BCUT2D eigenvalue weighted by atomic mass is 9.66. The summed E-state index contributed by atoms with van der Waals surface area (Å²) in [6.45, 7) is 6.12. The highest BCUT2D eigenvalue weighted by Crippen LogP contribution is 2.45. The van der Waals surface area contributed by atoms with Crippen LogP contribution in [0.3, 0.4) is 0 Å². The summed E-state index contributed by atoms with van der Waals surface area (Å²) < 4.78 is 0. The van der Waals surface area contributed by atoms with E-state index in [9.17, 15) is 5.11 Å². The minimum absolute atomic E-state index is 0.0227. The van der Waals surface area contributed by atoms with E-state index in [0.717, 1.165) is 24.8 Å². The maximum Gasteiger partial charge on any atom is 0.0834 e. The zero-order valence-electron chi connectivity index (χ0n) is 8.80. The Labute approximate surface area is 80.3 Å². The molecule has 1 unspecified atom stereocenters. The van der Waals surface area contributed by atoms with Crippen LogP contribution in [0.15, 0.2) is 11.6 Å². The van der Waals surface area contributed by atoms with Crippen LogP contribution in [0.5, 0.6) is 0 Å². The van der Waals surface area contributed by atoms with Gasteiger partial charge in [-0.3, -0.25) is 0 Å². The van der Waals surface area contributed by atoms with Gasteiger partial charge in [0.25, 0.3) is 0 Å². The Morgan fingerprint density at radius 3 is 2.38 bits per heavy atom. The third kappa shape index (κ3) is 2.12. The molecule has 1 fully saturated rings. The third-order valence-electron chi connectivity index (χ3n) is 3.07. The summed E-state index contributed by atoms with van der Waals surface area (Å²) in [6, 6.07) is 0. The summed E-state index contributed by atoms with van der Waals surface area (Å²) in [5.74, 6) is 0. The molecule has 0 aromatic rings. The fraction of sp³-hybridized carbons (Fsp3) is 0.818. The van der Waals surface area contributed by atoms with Gasteiger partial charge in [0.1, 0.15) is 0 Å². The summed E-state index contributed by atoms with van der Waals surface area (Å²) in [5.41, 5.74) is 0.309. The standard InChI is InChI=1S/C11H20O2/c1-10(2)6-4-7-11(3,13)9(10)5-8-12/h5,12-13H,4,6-8H2,1-3H3/b9-5-. The number of aliphatic hydroxyl groups excluding tert-OH is 1. The molecule has 76 valence electrons. The maximum absolute atomic E-state index is 10.1. The molecule has 1 saturated carbocycles. The van der Waals surface area contributed by atoms with Crippen LogP contribution in [0.2, 0.25) is 0 Å². The van der Waals surface area contributed by atoms with Crippen molar-refractivity contribution in [3.63, 3.8) is 0 Å². The van der Waals surface area contributed by atoms with Crippen molar-refractivity contribution in [2.24, 2.45) is 5.41 Å². The Balaban J connectivity index is 2.98. The van der Waals surface area contributed by atoms with Gasteiger partial charge in [-0.15, -0.1) is 0 Å². The van der Waals surface area contributed by atoms with Crippen LogP contribution in [-0.2, 0) is 0 Å². The van der Waals surface area contributed by atoms with Crippen molar-refractivity contribution in [1.82, 2.24) is 0 Å². The monoisotopic (exact) mass is 184 g/mol. The van der Waals surface area contributed by atoms with Crippen LogP contribution in [-0.4, -0.2) is 22.4 Å². The van der Waals surface area contributed by atoms with Crippen molar-refractivity contribution in [3.8, 4) is 0 Å². The zero-order valence-corrected chi connectivity index (χ0v) is 8.80. The van der Waals surface area contributed by atoms with E-state index in [4.69, 9.17) is 5.11 Å². The van der Waals surface area contributed by atoms with Crippen LogP contribution >= 0.6 is 0 Å². The lowest BCUT2D eigenvalue weighted by Crippen LogP contribution is -2.39. The lowest BCUT2D eigenvalue weighted by molar-refractivity contribution is 0.0385. The Morgan fingerprint density at radius 1 is 1.31 bits per heavy atom. The molecular formula is C11H20O2. The maximum atomic E-state index is 10.1. The van der Waals surface area contributed by atoms with E-state index in [1.165, 1.54) is 0 Å². The number of rotatable bonds is 1. The average molecular weight is 184 g/mol. The second-order valence-corrected chi connectivity index (χ2v) is 4.81. The highest BCUT2D eigenvalue weighted by molar-refractivity contribution is 5.25. The van der Waals surface area contributed by atoms with Crippen LogP contribution in [0.25, 0.3) is 0 Å². The van der Waals surface area contributed by atoms with Crippen LogP contribution in [0, 0.1) is 5.41 Å². The zero-order chi connectivity index (χ0) is 10.1. The first kappa shape index (κ1) is 10.7. The molecule has 0 spiro atoms. The lowest BCUT2D eigenvalue weighted by Gasteiger charge is -2.42. The quantitative estimate of drug-likeness (QED) is 0.611. The van der Waals surface area contributed by atoms with Gasteiger partial charge in [0, 0.05) is 0 Å². The Kier molecular flexibility index (Phi) is 2.83. The van der Waals surface area contributed by atoms with E-state index >= 15 is 0 Å². The van der Waals surface area contributed by atoms with Crippen molar-refractivity contribution in [3.05, 3.63) is 11.6 Å². The summed E-state index contributed by atoms with van der Waals surface area (Å²) in [4.78, 5) is 0. The van der Waals surface area contributed by atoms with E-state index in [0.29, 0.717) is 0 Å². The second-order valence-electron chi connectivity index (χ2n) is 4.81. The Bertz CT molecular complexity index is 196. The molecule has 2 nitrogen and oxygen atoms in total. The van der Waals surface area contributed by atoms with E-state index < -0.39 is 5.60 Å². The SMILES string of the molecule is CC1(C)CCCC(C)(O)/C1=C\CO. The molecule has 1 aliphatic rings. The van der Waals surface area contributed by atoms with Gasteiger partial charge in [-0.2, -0.15) is 0 Å². The van der Waals surface area contributed by atoms with Crippen molar-refractivity contribution in [1.29, 1.82) is 0 Å². The Hall–Kier alpha value is -0.340. The van der Waals surface area contributed by atoms with Crippen molar-refractivity contribution < 1.29 is 10.2 Å². The van der Waals surface area contributed by atoms with Crippen LogP contribution in [0.1, 0.15) is 40.0 Å². The molecule has 0 aliphatic heterocycles. The molecule has 1 rings (SSSR count). The first-order valence-corrected chi connectivity index (χ1v) is 4.94. The molecular weight excluding hydrogens is 164 g/mol. The van der Waals surface area contributed by atoms with Gasteiger partial charge in [-0.25, -0.2) is 0 Å². The molecule has 0 aromatic carbocycles. The van der Waals surface area contributed by atoms with Crippen molar-refractivity contribution >= 4 is 0 Å². The van der Waals surface area contributed by atoms with Gasteiger partial charge in [0.2, 0.25) is 0 Å². The van der Waals surface area contributed by atoms with E-state index in [2.05, 4.69) is 13.8 Å². The molecule has 1 aliphatic carbocycles.